The van der Waals surface area contributed by atoms with Crippen molar-refractivity contribution in [2.45, 2.75) is 26.3 Å². The summed E-state index contributed by atoms with van der Waals surface area (Å²) >= 11 is 0. The molecule has 2 rings (SSSR count). The Hall–Kier alpha value is -1.36. The smallest absolute Gasteiger partial charge is 0.224 e. The Morgan fingerprint density at radius 1 is 1.69 bits per heavy atom. The van der Waals surface area contributed by atoms with Crippen LogP contribution in [-0.4, -0.2) is 29.2 Å². The van der Waals surface area contributed by atoms with Gasteiger partial charge in [-0.2, -0.15) is 5.10 Å². The van der Waals surface area contributed by atoms with E-state index in [0.717, 1.165) is 37.2 Å². The van der Waals surface area contributed by atoms with Crippen molar-refractivity contribution in [3.8, 4) is 0 Å². The summed E-state index contributed by atoms with van der Waals surface area (Å²) in [5, 5.41) is 13.0. The summed E-state index contributed by atoms with van der Waals surface area (Å²) in [5.41, 5.74) is 2.07. The van der Waals surface area contributed by atoms with Gasteiger partial charge in [0.05, 0.1) is 12.1 Å². The second kappa shape index (κ2) is 5.12. The first kappa shape index (κ1) is 11.1. The molecule has 1 amide bonds. The standard InChI is InChI=1S/C11H18N4O/c1-8-10(7-14-15-8)6-13-11(16)9-3-2-4-12-5-9/h7,9,12H,2-6H2,1H3,(H,13,16)(H,14,15). The van der Waals surface area contributed by atoms with Gasteiger partial charge in [0.25, 0.3) is 0 Å². The molecule has 1 unspecified atom stereocenters. The molecule has 1 aromatic heterocycles. The molecular formula is C11H18N4O. The van der Waals surface area contributed by atoms with E-state index in [1.807, 2.05) is 6.92 Å². The Bertz CT molecular complexity index is 355. The Morgan fingerprint density at radius 2 is 2.56 bits per heavy atom. The maximum Gasteiger partial charge on any atom is 0.224 e. The maximum atomic E-state index is 11.8. The van der Waals surface area contributed by atoms with Gasteiger partial charge in [0, 0.05) is 24.3 Å². The molecule has 3 N–H and O–H groups in total. The molecule has 5 heteroatoms. The minimum absolute atomic E-state index is 0.126. The average molecular weight is 222 g/mol. The highest BCUT2D eigenvalue weighted by molar-refractivity contribution is 5.78. The minimum Gasteiger partial charge on any atom is -0.352 e. The van der Waals surface area contributed by atoms with Gasteiger partial charge in [-0.3, -0.25) is 9.89 Å². The lowest BCUT2D eigenvalue weighted by molar-refractivity contribution is -0.125. The van der Waals surface area contributed by atoms with Gasteiger partial charge < -0.3 is 10.6 Å². The van der Waals surface area contributed by atoms with Crippen LogP contribution in [0.5, 0.6) is 0 Å². The molecule has 88 valence electrons. The number of rotatable bonds is 3. The third-order valence-electron chi connectivity index (χ3n) is 3.06. The van der Waals surface area contributed by atoms with Crippen molar-refractivity contribution < 1.29 is 4.79 Å². The van der Waals surface area contributed by atoms with Crippen molar-refractivity contribution in [1.29, 1.82) is 0 Å². The highest BCUT2D eigenvalue weighted by Gasteiger charge is 2.20. The van der Waals surface area contributed by atoms with Crippen LogP contribution in [0.25, 0.3) is 0 Å². The summed E-state index contributed by atoms with van der Waals surface area (Å²) in [5.74, 6) is 0.272. The van der Waals surface area contributed by atoms with E-state index < -0.39 is 0 Å². The number of hydrogen-bond acceptors (Lipinski definition) is 3. The molecule has 5 nitrogen and oxygen atoms in total. The van der Waals surface area contributed by atoms with Crippen LogP contribution < -0.4 is 10.6 Å². The molecule has 1 aliphatic rings. The van der Waals surface area contributed by atoms with Gasteiger partial charge >= 0.3 is 0 Å². The van der Waals surface area contributed by atoms with Gasteiger partial charge in [-0.15, -0.1) is 0 Å². The Balaban J connectivity index is 1.81. The van der Waals surface area contributed by atoms with Crippen LogP contribution in [0.2, 0.25) is 0 Å². The molecule has 0 saturated carbocycles. The van der Waals surface area contributed by atoms with Crippen molar-refractivity contribution in [2.24, 2.45) is 5.92 Å². The molecule has 16 heavy (non-hydrogen) atoms. The minimum atomic E-state index is 0.126. The Kier molecular flexibility index (Phi) is 3.56. The van der Waals surface area contributed by atoms with Crippen LogP contribution in [-0.2, 0) is 11.3 Å². The molecular weight excluding hydrogens is 204 g/mol. The van der Waals surface area contributed by atoms with Gasteiger partial charge in [-0.25, -0.2) is 0 Å². The quantitative estimate of drug-likeness (QED) is 0.690. The number of amides is 1. The van der Waals surface area contributed by atoms with E-state index in [4.69, 9.17) is 0 Å². The zero-order valence-corrected chi connectivity index (χ0v) is 9.55. The maximum absolute atomic E-state index is 11.8. The first-order chi connectivity index (χ1) is 7.77. The fraction of sp³-hybridized carbons (Fsp3) is 0.636. The topological polar surface area (TPSA) is 69.8 Å². The number of carbonyl (C=O) groups excluding carboxylic acids is 1. The predicted octanol–water partition coefficient (Wildman–Crippen LogP) is 0.334. The summed E-state index contributed by atoms with van der Waals surface area (Å²) in [6, 6.07) is 0. The molecule has 0 aromatic carbocycles. The van der Waals surface area contributed by atoms with E-state index in [2.05, 4.69) is 20.8 Å². The van der Waals surface area contributed by atoms with Crippen LogP contribution >= 0.6 is 0 Å². The first-order valence-corrected chi connectivity index (χ1v) is 5.74. The Morgan fingerprint density at radius 3 is 3.19 bits per heavy atom. The van der Waals surface area contributed by atoms with Crippen molar-refractivity contribution in [3.63, 3.8) is 0 Å². The number of nitrogens with zero attached hydrogens (tertiary/aromatic N) is 1. The summed E-state index contributed by atoms with van der Waals surface area (Å²) in [6.07, 6.45) is 3.83. The summed E-state index contributed by atoms with van der Waals surface area (Å²) < 4.78 is 0. The number of aryl methyl sites for hydroxylation is 1. The molecule has 0 bridgehead atoms. The summed E-state index contributed by atoms with van der Waals surface area (Å²) in [4.78, 5) is 11.8. The van der Waals surface area contributed by atoms with Crippen LogP contribution in [0.3, 0.4) is 0 Å². The van der Waals surface area contributed by atoms with Gasteiger partial charge in [0.2, 0.25) is 5.91 Å². The van der Waals surface area contributed by atoms with E-state index in [0.29, 0.717) is 6.54 Å². The first-order valence-electron chi connectivity index (χ1n) is 5.74. The zero-order valence-electron chi connectivity index (χ0n) is 9.55. The molecule has 0 aliphatic carbocycles. The monoisotopic (exact) mass is 222 g/mol. The van der Waals surface area contributed by atoms with E-state index in [1.54, 1.807) is 6.20 Å². The highest BCUT2D eigenvalue weighted by Crippen LogP contribution is 2.10. The number of hydrogen-bond donors (Lipinski definition) is 3. The number of H-pyrrole nitrogens is 1. The molecule has 2 heterocycles. The number of aromatic amines is 1. The molecule has 0 spiro atoms. The lowest BCUT2D eigenvalue weighted by Crippen LogP contribution is -2.40. The second-order valence-electron chi connectivity index (χ2n) is 4.28. The van der Waals surface area contributed by atoms with Crippen LogP contribution in [0.1, 0.15) is 24.1 Å². The van der Waals surface area contributed by atoms with Gasteiger partial charge in [-0.1, -0.05) is 0 Å². The van der Waals surface area contributed by atoms with E-state index in [-0.39, 0.29) is 11.8 Å². The van der Waals surface area contributed by atoms with Crippen LogP contribution in [0.4, 0.5) is 0 Å². The number of carbonyl (C=O) groups is 1. The van der Waals surface area contributed by atoms with Crippen molar-refractivity contribution >= 4 is 5.91 Å². The summed E-state index contributed by atoms with van der Waals surface area (Å²) in [6.45, 7) is 4.36. The van der Waals surface area contributed by atoms with E-state index >= 15 is 0 Å². The lowest BCUT2D eigenvalue weighted by Gasteiger charge is -2.21. The average Bonchev–Trinajstić information content (AvgIpc) is 2.73. The molecule has 1 atom stereocenters. The fourth-order valence-electron chi connectivity index (χ4n) is 1.96. The molecule has 1 fully saturated rings. The zero-order chi connectivity index (χ0) is 11.4. The third-order valence-corrected chi connectivity index (χ3v) is 3.06. The molecule has 1 aliphatic heterocycles. The van der Waals surface area contributed by atoms with E-state index in [9.17, 15) is 4.79 Å². The third kappa shape index (κ3) is 2.61. The van der Waals surface area contributed by atoms with Crippen molar-refractivity contribution in [2.75, 3.05) is 13.1 Å². The number of piperidine rings is 1. The highest BCUT2D eigenvalue weighted by atomic mass is 16.1. The fourth-order valence-corrected chi connectivity index (χ4v) is 1.96. The van der Waals surface area contributed by atoms with Gasteiger partial charge in [-0.05, 0) is 26.3 Å². The van der Waals surface area contributed by atoms with Gasteiger partial charge in [0.15, 0.2) is 0 Å². The molecule has 1 saturated heterocycles. The number of aromatic nitrogens is 2. The van der Waals surface area contributed by atoms with Gasteiger partial charge in [0.1, 0.15) is 0 Å². The van der Waals surface area contributed by atoms with Crippen molar-refractivity contribution in [3.05, 3.63) is 17.5 Å². The predicted molar refractivity (Wildman–Crippen MR) is 60.8 cm³/mol. The number of nitrogens with one attached hydrogen (secondary N) is 3. The second-order valence-corrected chi connectivity index (χ2v) is 4.28. The van der Waals surface area contributed by atoms with E-state index in [1.165, 1.54) is 0 Å². The normalized spacial score (nSPS) is 20.7. The summed E-state index contributed by atoms with van der Waals surface area (Å²) in [7, 11) is 0. The largest absolute Gasteiger partial charge is 0.352 e. The SMILES string of the molecule is Cc1[nH]ncc1CNC(=O)C1CCCNC1. The molecule has 0 radical (unpaired) electrons. The molecule has 1 aromatic rings. The van der Waals surface area contributed by atoms with Crippen LogP contribution in [0.15, 0.2) is 6.20 Å². The van der Waals surface area contributed by atoms with Crippen molar-refractivity contribution in [1.82, 2.24) is 20.8 Å². The lowest BCUT2D eigenvalue weighted by atomic mass is 9.99. The van der Waals surface area contributed by atoms with Crippen LogP contribution in [0, 0.1) is 12.8 Å². The Labute approximate surface area is 95.0 Å².